The predicted octanol–water partition coefficient (Wildman–Crippen LogP) is 1.96. The highest BCUT2D eigenvalue weighted by Crippen LogP contribution is 2.47. The summed E-state index contributed by atoms with van der Waals surface area (Å²) in [4.78, 5) is 29.7. The highest BCUT2D eigenvalue weighted by molar-refractivity contribution is 7.53. The summed E-state index contributed by atoms with van der Waals surface area (Å²) in [6, 6.07) is 0. The van der Waals surface area contributed by atoms with Crippen molar-refractivity contribution in [1.82, 2.24) is 18.7 Å². The number of fused-ring (bicyclic) bond motifs is 1. The van der Waals surface area contributed by atoms with Crippen LogP contribution in [0.15, 0.2) is 15.9 Å². The molecule has 2 aromatic heterocycles. The zero-order valence-electron chi connectivity index (χ0n) is 16.1. The lowest BCUT2D eigenvalue weighted by Crippen LogP contribution is -2.40. The molecule has 1 aliphatic carbocycles. The van der Waals surface area contributed by atoms with E-state index in [1.165, 1.54) is 9.13 Å². The van der Waals surface area contributed by atoms with Gasteiger partial charge < -0.3 is 13.6 Å². The Balaban J connectivity index is 1.79. The van der Waals surface area contributed by atoms with E-state index in [1.54, 1.807) is 27.2 Å². The molecule has 1 unspecified atom stereocenters. The van der Waals surface area contributed by atoms with Crippen LogP contribution >= 0.6 is 7.60 Å². The summed E-state index contributed by atoms with van der Waals surface area (Å²) in [5.41, 5.74) is 0.117. The van der Waals surface area contributed by atoms with Crippen LogP contribution in [0.2, 0.25) is 0 Å². The Hall–Kier alpha value is -1.70. The van der Waals surface area contributed by atoms with Crippen molar-refractivity contribution in [3.05, 3.63) is 27.2 Å². The van der Waals surface area contributed by atoms with Gasteiger partial charge >= 0.3 is 13.3 Å². The molecular formula is C17H27N4O5P. The van der Waals surface area contributed by atoms with Gasteiger partial charge in [0.25, 0.3) is 5.56 Å². The van der Waals surface area contributed by atoms with E-state index >= 15 is 0 Å². The van der Waals surface area contributed by atoms with Crippen LogP contribution in [-0.4, -0.2) is 38.1 Å². The lowest BCUT2D eigenvalue weighted by atomic mass is 10.4. The molecule has 0 radical (unpaired) electrons. The topological polar surface area (TPSA) is 97.3 Å². The van der Waals surface area contributed by atoms with Gasteiger partial charge in [-0.15, -0.1) is 0 Å². The molecule has 2 heterocycles. The Labute approximate surface area is 157 Å². The standard InChI is InChI=1S/C17H27N4O5P/c1-4-25-27(24,5-2)26-10-6-9-21-16(22)14-15(19(3)17(21)23)18-12-20(14)11-13-7-8-13/h12-13H,4-11H2,1-3H3. The molecule has 0 N–H and O–H groups in total. The van der Waals surface area contributed by atoms with Crippen molar-refractivity contribution in [2.24, 2.45) is 13.0 Å². The molecule has 0 saturated heterocycles. The van der Waals surface area contributed by atoms with E-state index in [2.05, 4.69) is 4.98 Å². The summed E-state index contributed by atoms with van der Waals surface area (Å²) in [6.45, 7) is 4.90. The Morgan fingerprint density at radius 1 is 1.26 bits per heavy atom. The molecule has 3 rings (SSSR count). The first-order valence-corrected chi connectivity index (χ1v) is 11.2. The van der Waals surface area contributed by atoms with Gasteiger partial charge in [-0.3, -0.25) is 18.5 Å². The summed E-state index contributed by atoms with van der Waals surface area (Å²) in [5.74, 6) is 0.586. The fraction of sp³-hybridized carbons (Fsp3) is 0.706. The van der Waals surface area contributed by atoms with Crippen molar-refractivity contribution in [2.45, 2.75) is 46.2 Å². The third kappa shape index (κ3) is 4.25. The maximum absolute atomic E-state index is 12.9. The molecule has 0 spiro atoms. The van der Waals surface area contributed by atoms with Crippen LogP contribution in [0.4, 0.5) is 0 Å². The summed E-state index contributed by atoms with van der Waals surface area (Å²) in [5, 5.41) is 0. The SMILES string of the molecule is CCOP(=O)(CC)OCCCn1c(=O)c2c(ncn2CC2CC2)n(C)c1=O. The van der Waals surface area contributed by atoms with Gasteiger partial charge in [-0.2, -0.15) is 0 Å². The van der Waals surface area contributed by atoms with Crippen LogP contribution in [0.1, 0.15) is 33.1 Å². The molecule has 0 amide bonds. The molecule has 1 aliphatic rings. The summed E-state index contributed by atoms with van der Waals surface area (Å²) in [6.07, 6.45) is 4.63. The molecule has 1 saturated carbocycles. The van der Waals surface area contributed by atoms with Crippen molar-refractivity contribution >= 4 is 18.8 Å². The molecule has 0 aliphatic heterocycles. The minimum absolute atomic E-state index is 0.153. The lowest BCUT2D eigenvalue weighted by molar-refractivity contribution is 0.207. The van der Waals surface area contributed by atoms with Crippen LogP contribution in [-0.2, 0) is 33.7 Å². The average molecular weight is 398 g/mol. The number of aromatic nitrogens is 4. The Morgan fingerprint density at radius 3 is 2.63 bits per heavy atom. The molecule has 27 heavy (non-hydrogen) atoms. The zero-order chi connectivity index (χ0) is 19.6. The molecule has 1 atom stereocenters. The number of imidazole rings is 1. The van der Waals surface area contributed by atoms with Gasteiger partial charge in [0.05, 0.1) is 19.5 Å². The van der Waals surface area contributed by atoms with Crippen molar-refractivity contribution in [3.8, 4) is 0 Å². The Bertz CT molecular complexity index is 972. The smallest absolute Gasteiger partial charge is 0.324 e. The highest BCUT2D eigenvalue weighted by atomic mass is 31.2. The summed E-state index contributed by atoms with van der Waals surface area (Å²) in [7, 11) is -1.47. The Kier molecular flexibility index (Phi) is 6.03. The van der Waals surface area contributed by atoms with E-state index in [0.29, 0.717) is 30.1 Å². The van der Waals surface area contributed by atoms with E-state index in [1.807, 2.05) is 4.57 Å². The normalized spacial score (nSPS) is 16.7. The number of rotatable bonds is 10. The lowest BCUT2D eigenvalue weighted by Gasteiger charge is -2.16. The van der Waals surface area contributed by atoms with E-state index in [4.69, 9.17) is 9.05 Å². The van der Waals surface area contributed by atoms with E-state index in [-0.39, 0.29) is 24.9 Å². The van der Waals surface area contributed by atoms with Crippen molar-refractivity contribution in [3.63, 3.8) is 0 Å². The third-order valence-corrected chi connectivity index (χ3v) is 6.78. The number of hydrogen-bond donors (Lipinski definition) is 0. The fourth-order valence-corrected chi connectivity index (χ4v) is 4.32. The van der Waals surface area contributed by atoms with Gasteiger partial charge in [-0.25, -0.2) is 9.78 Å². The summed E-state index contributed by atoms with van der Waals surface area (Å²) >= 11 is 0. The van der Waals surface area contributed by atoms with E-state index in [9.17, 15) is 14.2 Å². The quantitative estimate of drug-likeness (QED) is 0.448. The van der Waals surface area contributed by atoms with Gasteiger partial charge in [0, 0.05) is 26.3 Å². The molecule has 0 aromatic carbocycles. The van der Waals surface area contributed by atoms with Crippen molar-refractivity contribution < 1.29 is 13.6 Å². The first kappa shape index (κ1) is 20.0. The van der Waals surface area contributed by atoms with Gasteiger partial charge in [0.1, 0.15) is 0 Å². The maximum atomic E-state index is 12.9. The second kappa shape index (κ2) is 8.12. The molecule has 0 bridgehead atoms. The van der Waals surface area contributed by atoms with Crippen molar-refractivity contribution in [2.75, 3.05) is 19.4 Å². The molecule has 2 aromatic rings. The zero-order valence-corrected chi connectivity index (χ0v) is 17.0. The average Bonchev–Trinajstić information content (AvgIpc) is 3.36. The molecule has 9 nitrogen and oxygen atoms in total. The van der Waals surface area contributed by atoms with Gasteiger partial charge in [-0.1, -0.05) is 6.92 Å². The van der Waals surface area contributed by atoms with Crippen molar-refractivity contribution in [1.29, 1.82) is 0 Å². The van der Waals surface area contributed by atoms with E-state index < -0.39 is 13.3 Å². The number of aryl methyl sites for hydroxylation is 1. The number of hydrogen-bond acceptors (Lipinski definition) is 6. The van der Waals surface area contributed by atoms with Crippen LogP contribution < -0.4 is 11.2 Å². The van der Waals surface area contributed by atoms with Gasteiger partial charge in [0.2, 0.25) is 0 Å². The monoisotopic (exact) mass is 398 g/mol. The summed E-state index contributed by atoms with van der Waals surface area (Å²) < 4.78 is 27.3. The highest BCUT2D eigenvalue weighted by Gasteiger charge is 2.25. The van der Waals surface area contributed by atoms with Crippen LogP contribution in [0.3, 0.4) is 0 Å². The largest absolute Gasteiger partial charge is 0.332 e. The molecule has 150 valence electrons. The second-order valence-electron chi connectivity index (χ2n) is 6.84. The fourth-order valence-electron chi connectivity index (χ4n) is 3.08. The first-order chi connectivity index (χ1) is 12.9. The third-order valence-electron chi connectivity index (χ3n) is 4.78. The predicted molar refractivity (Wildman–Crippen MR) is 102 cm³/mol. The number of nitrogens with zero attached hydrogens (tertiary/aromatic N) is 4. The molecule has 1 fully saturated rings. The van der Waals surface area contributed by atoms with Gasteiger partial charge in [-0.05, 0) is 32.1 Å². The van der Waals surface area contributed by atoms with Crippen LogP contribution in [0, 0.1) is 5.92 Å². The minimum atomic E-state index is -3.09. The second-order valence-corrected chi connectivity index (χ2v) is 9.21. The maximum Gasteiger partial charge on any atom is 0.332 e. The van der Waals surface area contributed by atoms with Gasteiger partial charge in [0.15, 0.2) is 11.2 Å². The molecular weight excluding hydrogens is 371 g/mol. The molecule has 10 heteroatoms. The minimum Gasteiger partial charge on any atom is -0.324 e. The van der Waals surface area contributed by atoms with Crippen LogP contribution in [0.5, 0.6) is 0 Å². The Morgan fingerprint density at radius 2 is 2.00 bits per heavy atom. The first-order valence-electron chi connectivity index (χ1n) is 9.43. The van der Waals surface area contributed by atoms with E-state index in [0.717, 1.165) is 19.4 Å². The van der Waals surface area contributed by atoms with Crippen LogP contribution in [0.25, 0.3) is 11.2 Å².